The molecule has 1 amide bonds. The van der Waals surface area contributed by atoms with E-state index in [-0.39, 0.29) is 11.9 Å². The van der Waals surface area contributed by atoms with Gasteiger partial charge in [-0.15, -0.1) is 5.10 Å². The van der Waals surface area contributed by atoms with E-state index in [4.69, 9.17) is 4.42 Å². The van der Waals surface area contributed by atoms with Gasteiger partial charge in [-0.25, -0.2) is 0 Å². The van der Waals surface area contributed by atoms with Crippen molar-refractivity contribution in [2.24, 2.45) is 0 Å². The summed E-state index contributed by atoms with van der Waals surface area (Å²) in [6.07, 6.45) is 3.15. The number of amides is 1. The van der Waals surface area contributed by atoms with Gasteiger partial charge >= 0.3 is 6.01 Å². The Morgan fingerprint density at radius 3 is 2.94 bits per heavy atom. The Morgan fingerprint density at radius 2 is 2.28 bits per heavy atom. The zero-order valence-electron chi connectivity index (χ0n) is 10.1. The Hall–Kier alpha value is -2.44. The van der Waals surface area contributed by atoms with Gasteiger partial charge in [0.15, 0.2) is 0 Å². The first-order valence-corrected chi connectivity index (χ1v) is 5.50. The van der Waals surface area contributed by atoms with Crippen molar-refractivity contribution in [3.8, 4) is 0 Å². The van der Waals surface area contributed by atoms with Gasteiger partial charge in [0.1, 0.15) is 0 Å². The number of carbonyl (C=O) groups excluding carboxylic acids is 1. The highest BCUT2D eigenvalue weighted by atomic mass is 16.4. The van der Waals surface area contributed by atoms with Gasteiger partial charge in [0, 0.05) is 19.7 Å². The van der Waals surface area contributed by atoms with Crippen molar-refractivity contribution in [1.82, 2.24) is 15.2 Å². The lowest BCUT2D eigenvalue weighted by molar-refractivity contribution is 0.102. The second-order valence-corrected chi connectivity index (χ2v) is 3.53. The van der Waals surface area contributed by atoms with E-state index < -0.39 is 0 Å². The van der Waals surface area contributed by atoms with Crippen molar-refractivity contribution in [3.63, 3.8) is 0 Å². The van der Waals surface area contributed by atoms with Gasteiger partial charge in [0.2, 0.25) is 5.89 Å². The quantitative estimate of drug-likeness (QED) is 0.849. The largest absolute Gasteiger partial charge is 0.408 e. The highest BCUT2D eigenvalue weighted by molar-refractivity contribution is 6.06. The van der Waals surface area contributed by atoms with E-state index in [1.807, 2.05) is 6.92 Å². The fourth-order valence-electron chi connectivity index (χ4n) is 1.44. The van der Waals surface area contributed by atoms with Crippen LogP contribution >= 0.6 is 0 Å². The third kappa shape index (κ3) is 2.62. The molecule has 0 saturated heterocycles. The summed E-state index contributed by atoms with van der Waals surface area (Å²) in [6.45, 7) is 4.29. The standard InChI is InChI=1S/C11H13N5O2/c1-3-13-9-6-12-5-4-8(9)10(17)14-11-16-15-7(2)18-11/h4-6,13H,3H2,1-2H3,(H,14,16,17). The van der Waals surface area contributed by atoms with E-state index >= 15 is 0 Å². The van der Waals surface area contributed by atoms with Crippen molar-refractivity contribution >= 4 is 17.6 Å². The Kier molecular flexibility index (Phi) is 3.52. The van der Waals surface area contributed by atoms with E-state index in [0.717, 1.165) is 0 Å². The zero-order chi connectivity index (χ0) is 13.0. The van der Waals surface area contributed by atoms with Crippen LogP contribution in [0, 0.1) is 6.92 Å². The maximum atomic E-state index is 12.0. The van der Waals surface area contributed by atoms with Gasteiger partial charge in [-0.1, -0.05) is 5.10 Å². The van der Waals surface area contributed by atoms with Crippen LogP contribution in [0.3, 0.4) is 0 Å². The first kappa shape index (κ1) is 12.0. The molecule has 0 fully saturated rings. The highest BCUT2D eigenvalue weighted by Gasteiger charge is 2.13. The number of rotatable bonds is 4. The molecule has 2 heterocycles. The van der Waals surface area contributed by atoms with Crippen LogP contribution in [0.5, 0.6) is 0 Å². The zero-order valence-corrected chi connectivity index (χ0v) is 10.1. The molecule has 0 aliphatic heterocycles. The Bertz CT molecular complexity index is 552. The number of hydrogen-bond donors (Lipinski definition) is 2. The lowest BCUT2D eigenvalue weighted by Crippen LogP contribution is -2.15. The number of nitrogens with zero attached hydrogens (tertiary/aromatic N) is 3. The summed E-state index contributed by atoms with van der Waals surface area (Å²) in [5.41, 5.74) is 1.14. The van der Waals surface area contributed by atoms with Crippen LogP contribution in [0.2, 0.25) is 0 Å². The van der Waals surface area contributed by atoms with Gasteiger partial charge in [-0.05, 0) is 13.0 Å². The second kappa shape index (κ2) is 5.26. The van der Waals surface area contributed by atoms with Crippen molar-refractivity contribution in [1.29, 1.82) is 0 Å². The molecule has 0 atom stereocenters. The highest BCUT2D eigenvalue weighted by Crippen LogP contribution is 2.15. The summed E-state index contributed by atoms with van der Waals surface area (Å²) in [7, 11) is 0. The lowest BCUT2D eigenvalue weighted by Gasteiger charge is -2.08. The fourth-order valence-corrected chi connectivity index (χ4v) is 1.44. The number of aryl methyl sites for hydroxylation is 1. The number of anilines is 2. The monoisotopic (exact) mass is 247 g/mol. The van der Waals surface area contributed by atoms with E-state index in [1.165, 1.54) is 0 Å². The minimum Gasteiger partial charge on any atom is -0.408 e. The van der Waals surface area contributed by atoms with Crippen LogP contribution in [0.4, 0.5) is 11.7 Å². The number of pyridine rings is 1. The van der Waals surface area contributed by atoms with Crippen LogP contribution < -0.4 is 10.6 Å². The minimum absolute atomic E-state index is 0.0803. The molecule has 7 nitrogen and oxygen atoms in total. The van der Waals surface area contributed by atoms with Gasteiger partial charge in [-0.3, -0.25) is 15.1 Å². The molecule has 18 heavy (non-hydrogen) atoms. The van der Waals surface area contributed by atoms with Crippen LogP contribution in [0.1, 0.15) is 23.2 Å². The Balaban J connectivity index is 2.18. The number of aromatic nitrogens is 3. The second-order valence-electron chi connectivity index (χ2n) is 3.53. The molecule has 2 aromatic heterocycles. The van der Waals surface area contributed by atoms with Gasteiger partial charge in [-0.2, -0.15) is 0 Å². The van der Waals surface area contributed by atoms with Crippen molar-refractivity contribution in [2.45, 2.75) is 13.8 Å². The molecule has 2 rings (SSSR count). The van der Waals surface area contributed by atoms with Crippen molar-refractivity contribution in [3.05, 3.63) is 29.9 Å². The molecule has 94 valence electrons. The van der Waals surface area contributed by atoms with E-state index in [2.05, 4.69) is 25.8 Å². The predicted octanol–water partition coefficient (Wildman–Crippen LogP) is 1.46. The van der Waals surface area contributed by atoms with Crippen LogP contribution in [0.25, 0.3) is 0 Å². The molecule has 0 bridgehead atoms. The van der Waals surface area contributed by atoms with Crippen LogP contribution in [0.15, 0.2) is 22.9 Å². The molecule has 0 spiro atoms. The molecule has 0 unspecified atom stereocenters. The molecule has 0 saturated carbocycles. The summed E-state index contributed by atoms with van der Waals surface area (Å²) < 4.78 is 5.09. The number of hydrogen-bond acceptors (Lipinski definition) is 6. The maximum absolute atomic E-state index is 12.0. The van der Waals surface area contributed by atoms with Crippen molar-refractivity contribution < 1.29 is 9.21 Å². The molecule has 0 aromatic carbocycles. The van der Waals surface area contributed by atoms with E-state index in [0.29, 0.717) is 23.7 Å². The molecular weight excluding hydrogens is 234 g/mol. The first-order valence-electron chi connectivity index (χ1n) is 5.50. The molecule has 0 radical (unpaired) electrons. The van der Waals surface area contributed by atoms with Gasteiger partial charge in [0.25, 0.3) is 5.91 Å². The van der Waals surface area contributed by atoms with Crippen LogP contribution in [-0.4, -0.2) is 27.6 Å². The van der Waals surface area contributed by atoms with E-state index in [1.54, 1.807) is 25.4 Å². The summed E-state index contributed by atoms with van der Waals surface area (Å²) in [6, 6.07) is 1.70. The molecular formula is C11H13N5O2. The van der Waals surface area contributed by atoms with Crippen molar-refractivity contribution in [2.75, 3.05) is 17.2 Å². The number of carbonyl (C=O) groups is 1. The summed E-state index contributed by atoms with van der Waals surface area (Å²) in [5, 5.41) is 12.9. The van der Waals surface area contributed by atoms with Crippen LogP contribution in [-0.2, 0) is 0 Å². The minimum atomic E-state index is -0.322. The predicted molar refractivity (Wildman–Crippen MR) is 65.4 cm³/mol. The molecule has 0 aliphatic carbocycles. The normalized spacial score (nSPS) is 10.1. The van der Waals surface area contributed by atoms with Gasteiger partial charge < -0.3 is 9.73 Å². The smallest absolute Gasteiger partial charge is 0.322 e. The number of nitrogens with one attached hydrogen (secondary N) is 2. The molecule has 7 heteroatoms. The fraction of sp³-hybridized carbons (Fsp3) is 0.273. The molecule has 2 aromatic rings. The average Bonchev–Trinajstić information content (AvgIpc) is 2.76. The summed E-state index contributed by atoms with van der Waals surface area (Å²) >= 11 is 0. The first-order chi connectivity index (χ1) is 8.70. The third-order valence-corrected chi connectivity index (χ3v) is 2.18. The summed E-state index contributed by atoms with van der Waals surface area (Å²) in [4.78, 5) is 16.0. The maximum Gasteiger partial charge on any atom is 0.322 e. The molecule has 2 N–H and O–H groups in total. The van der Waals surface area contributed by atoms with Gasteiger partial charge in [0.05, 0.1) is 17.4 Å². The topological polar surface area (TPSA) is 92.9 Å². The average molecular weight is 247 g/mol. The Labute approximate surface area is 104 Å². The Morgan fingerprint density at radius 1 is 1.44 bits per heavy atom. The SMILES string of the molecule is CCNc1cnccc1C(=O)Nc1nnc(C)o1. The lowest BCUT2D eigenvalue weighted by atomic mass is 10.2. The van der Waals surface area contributed by atoms with E-state index in [9.17, 15) is 4.79 Å². The summed E-state index contributed by atoms with van der Waals surface area (Å²) in [5.74, 6) is 0.0731. The third-order valence-electron chi connectivity index (χ3n) is 2.18. The molecule has 0 aliphatic rings.